The maximum absolute atomic E-state index is 2.88. The lowest BCUT2D eigenvalue weighted by molar-refractivity contribution is 0.195. The fourth-order valence-corrected chi connectivity index (χ4v) is 12.1. The van der Waals surface area contributed by atoms with Gasteiger partial charge in [0.15, 0.2) is 0 Å². The molecule has 11 rings (SSSR count). The zero-order chi connectivity index (χ0) is 44.5. The number of rotatable bonds is 5. The van der Waals surface area contributed by atoms with E-state index in [-0.39, 0.29) is 28.5 Å². The van der Waals surface area contributed by atoms with Gasteiger partial charge in [-0.1, -0.05) is 146 Å². The first-order chi connectivity index (χ1) is 30.5. The van der Waals surface area contributed by atoms with Gasteiger partial charge in [-0.3, -0.25) is 0 Å². The average molecular weight is 836 g/mol. The minimum atomic E-state index is -0.125. The molecule has 7 aromatic carbocycles. The maximum atomic E-state index is 2.88. The molecule has 0 amide bonds. The number of aryl methyl sites for hydroxylation is 2. The van der Waals surface area contributed by atoms with Crippen molar-refractivity contribution in [2.75, 3.05) is 14.7 Å². The van der Waals surface area contributed by atoms with Crippen LogP contribution in [0.1, 0.15) is 109 Å². The Balaban J connectivity index is 1.30. The molecule has 0 saturated heterocycles. The van der Waals surface area contributed by atoms with Gasteiger partial charge in [0.25, 0.3) is 6.71 Å². The second-order valence-electron chi connectivity index (χ2n) is 22.0. The average Bonchev–Trinajstić information content (AvgIpc) is 3.48. The Hall–Kier alpha value is -6.00. The Morgan fingerprint density at radius 3 is 1.84 bits per heavy atom. The van der Waals surface area contributed by atoms with Gasteiger partial charge in [0, 0.05) is 45.2 Å². The number of hydrogen-bond acceptors (Lipinski definition) is 3. The molecule has 0 spiro atoms. The standard InChI is InChI=1S/C60H62BN3/c1-39-19-16-24-45(31-39)62(46-25-17-20-40(2)32-46)48-37-53-55-54(38-48)64-56-49(59(9)29-14-15-30-60(59,64)10)33-42(41-21-12-11-13-22-41)34-51(56)61(55)50-28-27-44(58(6,7)8)36-52(50)63(53)47-26-18-23-43(35-47)57(3,4)5/h11-13,16-28,31-38H,14-15,29-30H2,1-10H3. The Morgan fingerprint density at radius 2 is 1.17 bits per heavy atom. The lowest BCUT2D eigenvalue weighted by Gasteiger charge is -2.53. The van der Waals surface area contributed by atoms with E-state index in [1.54, 1.807) is 0 Å². The minimum Gasteiger partial charge on any atom is -0.335 e. The molecule has 320 valence electrons. The molecule has 64 heavy (non-hydrogen) atoms. The molecule has 1 aliphatic carbocycles. The topological polar surface area (TPSA) is 9.72 Å². The first-order valence-corrected chi connectivity index (χ1v) is 23.8. The monoisotopic (exact) mass is 836 g/mol. The van der Waals surface area contributed by atoms with Crippen LogP contribution in [0.25, 0.3) is 11.1 Å². The predicted molar refractivity (Wildman–Crippen MR) is 276 cm³/mol. The minimum absolute atomic E-state index is 0.0163. The van der Waals surface area contributed by atoms with Gasteiger partial charge in [0.05, 0.1) is 11.2 Å². The first kappa shape index (κ1) is 40.8. The largest absolute Gasteiger partial charge is 0.335 e. The number of benzene rings is 7. The van der Waals surface area contributed by atoms with Crippen LogP contribution < -0.4 is 31.1 Å². The second kappa shape index (κ2) is 14.3. The molecule has 3 nitrogen and oxygen atoms in total. The summed E-state index contributed by atoms with van der Waals surface area (Å²) in [4.78, 5) is 8.05. The highest BCUT2D eigenvalue weighted by Crippen LogP contribution is 2.63. The van der Waals surface area contributed by atoms with Crippen LogP contribution in [-0.4, -0.2) is 12.3 Å². The molecule has 4 heteroatoms. The summed E-state index contributed by atoms with van der Waals surface area (Å²) in [7, 11) is 0. The highest BCUT2D eigenvalue weighted by Gasteiger charge is 2.61. The molecule has 0 N–H and O–H groups in total. The predicted octanol–water partition coefficient (Wildman–Crippen LogP) is 14.4. The molecule has 1 saturated carbocycles. The van der Waals surface area contributed by atoms with Gasteiger partial charge in [0.2, 0.25) is 0 Å². The van der Waals surface area contributed by atoms with E-state index in [0.717, 1.165) is 6.42 Å². The van der Waals surface area contributed by atoms with Gasteiger partial charge < -0.3 is 14.7 Å². The highest BCUT2D eigenvalue weighted by molar-refractivity contribution is 7.00. The second-order valence-corrected chi connectivity index (χ2v) is 22.0. The molecule has 2 unspecified atom stereocenters. The van der Waals surface area contributed by atoms with Crippen LogP contribution in [0.4, 0.5) is 45.5 Å². The van der Waals surface area contributed by atoms with Gasteiger partial charge >= 0.3 is 0 Å². The van der Waals surface area contributed by atoms with Gasteiger partial charge in [-0.15, -0.1) is 0 Å². The summed E-state index contributed by atoms with van der Waals surface area (Å²) in [5.41, 5.74) is 23.4. The lowest BCUT2D eigenvalue weighted by atomic mass is 9.33. The van der Waals surface area contributed by atoms with Crippen molar-refractivity contribution in [1.29, 1.82) is 0 Å². The molecule has 4 aliphatic rings. The van der Waals surface area contributed by atoms with E-state index in [0.29, 0.717) is 0 Å². The van der Waals surface area contributed by atoms with Gasteiger partial charge in [0.1, 0.15) is 0 Å². The number of nitrogens with zero attached hydrogens (tertiary/aromatic N) is 3. The van der Waals surface area contributed by atoms with E-state index in [1.807, 2.05) is 0 Å². The molecule has 2 atom stereocenters. The Bertz CT molecular complexity index is 2960. The van der Waals surface area contributed by atoms with Crippen molar-refractivity contribution < 1.29 is 0 Å². The summed E-state index contributed by atoms with van der Waals surface area (Å²) in [6, 6.07) is 56.4. The van der Waals surface area contributed by atoms with Crippen molar-refractivity contribution in [2.24, 2.45) is 0 Å². The van der Waals surface area contributed by atoms with E-state index in [1.165, 1.54) is 120 Å². The SMILES string of the molecule is Cc1cccc(N(c2cccc(C)c2)c2cc3c4c(c2)N2c5c(cc(-c6ccccc6)cc5C5(C)CCCCC25C)B4c2ccc(C(C)(C)C)cc2N3c2cccc(C(C)(C)C)c2)c1. The fourth-order valence-electron chi connectivity index (χ4n) is 12.1. The molecule has 7 aromatic rings. The molecular formula is C60H62BN3. The van der Waals surface area contributed by atoms with E-state index < -0.39 is 0 Å². The Labute approximate surface area is 382 Å². The third-order valence-corrected chi connectivity index (χ3v) is 15.7. The number of fused-ring (bicyclic) bond motifs is 7. The lowest BCUT2D eigenvalue weighted by Crippen LogP contribution is -2.64. The van der Waals surface area contributed by atoms with Gasteiger partial charge in [-0.05, 0) is 160 Å². The Morgan fingerprint density at radius 1 is 0.531 bits per heavy atom. The van der Waals surface area contributed by atoms with Crippen LogP contribution >= 0.6 is 0 Å². The number of hydrogen-bond donors (Lipinski definition) is 0. The normalized spacial score (nSPS) is 19.5. The molecule has 0 bridgehead atoms. The highest BCUT2D eigenvalue weighted by atomic mass is 15.3. The van der Waals surface area contributed by atoms with Gasteiger partial charge in [-0.2, -0.15) is 0 Å². The molecule has 3 aliphatic heterocycles. The van der Waals surface area contributed by atoms with E-state index >= 15 is 0 Å². The zero-order valence-electron chi connectivity index (χ0n) is 39.6. The summed E-state index contributed by atoms with van der Waals surface area (Å²) >= 11 is 0. The van der Waals surface area contributed by atoms with Crippen molar-refractivity contribution in [1.82, 2.24) is 0 Å². The third kappa shape index (κ3) is 6.08. The summed E-state index contributed by atoms with van der Waals surface area (Å²) in [6.07, 6.45) is 4.79. The quantitative estimate of drug-likeness (QED) is 0.160. The van der Waals surface area contributed by atoms with E-state index in [9.17, 15) is 0 Å². The van der Waals surface area contributed by atoms with Crippen molar-refractivity contribution in [3.8, 4) is 11.1 Å². The van der Waals surface area contributed by atoms with Crippen LogP contribution in [0, 0.1) is 13.8 Å². The molecular weight excluding hydrogens is 773 g/mol. The Kier molecular flexibility index (Phi) is 9.08. The van der Waals surface area contributed by atoms with Gasteiger partial charge in [-0.25, -0.2) is 0 Å². The van der Waals surface area contributed by atoms with E-state index in [4.69, 9.17) is 0 Å². The summed E-state index contributed by atoms with van der Waals surface area (Å²) < 4.78 is 0. The number of anilines is 8. The smallest absolute Gasteiger partial charge is 0.252 e. The van der Waals surface area contributed by atoms with Crippen LogP contribution in [-0.2, 0) is 16.2 Å². The van der Waals surface area contributed by atoms with Crippen LogP contribution in [0.5, 0.6) is 0 Å². The van der Waals surface area contributed by atoms with Crippen molar-refractivity contribution in [3.05, 3.63) is 173 Å². The fraction of sp³-hybridized carbons (Fsp3) is 0.300. The van der Waals surface area contributed by atoms with Crippen LogP contribution in [0.3, 0.4) is 0 Å². The summed E-state index contributed by atoms with van der Waals surface area (Å²) in [5, 5.41) is 0. The molecule has 3 heterocycles. The molecule has 1 fully saturated rings. The third-order valence-electron chi connectivity index (χ3n) is 15.7. The zero-order valence-corrected chi connectivity index (χ0v) is 39.6. The molecule has 0 aromatic heterocycles. The summed E-state index contributed by atoms with van der Waals surface area (Å²) in [5.74, 6) is 0. The van der Waals surface area contributed by atoms with E-state index in [2.05, 4.69) is 230 Å². The first-order valence-electron chi connectivity index (χ1n) is 23.8. The van der Waals surface area contributed by atoms with Crippen LogP contribution in [0.15, 0.2) is 146 Å². The maximum Gasteiger partial charge on any atom is 0.252 e. The molecule has 0 radical (unpaired) electrons. The van der Waals surface area contributed by atoms with Crippen molar-refractivity contribution in [2.45, 2.75) is 117 Å². The van der Waals surface area contributed by atoms with Crippen molar-refractivity contribution in [3.63, 3.8) is 0 Å². The van der Waals surface area contributed by atoms with Crippen LogP contribution in [0.2, 0.25) is 0 Å². The summed E-state index contributed by atoms with van der Waals surface area (Å²) in [6.45, 7) is 23.7. The van der Waals surface area contributed by atoms with Crippen molar-refractivity contribution >= 4 is 68.6 Å².